The average molecular weight is 228 g/mol. The summed E-state index contributed by atoms with van der Waals surface area (Å²) in [5, 5.41) is 9.04. The maximum Gasteiger partial charge on any atom is 0.0608 e. The third-order valence-corrected chi connectivity index (χ3v) is 3.90. The van der Waals surface area contributed by atoms with Crippen LogP contribution in [0.25, 0.3) is 0 Å². The molecule has 1 aliphatic rings. The van der Waals surface area contributed by atoms with Crippen molar-refractivity contribution in [2.75, 3.05) is 26.2 Å². The molecule has 0 aromatic rings. The van der Waals surface area contributed by atoms with E-state index in [0.717, 1.165) is 24.7 Å². The fraction of sp³-hybridized carbons (Fsp3) is 1.00. The van der Waals surface area contributed by atoms with Crippen LogP contribution >= 0.6 is 0 Å². The molecule has 0 saturated carbocycles. The van der Waals surface area contributed by atoms with Crippen molar-refractivity contribution in [1.82, 2.24) is 4.90 Å². The molecular formula is C13H28N2O. The number of nitrogens with two attached hydrogens (primary N) is 1. The second-order valence-electron chi connectivity index (χ2n) is 5.98. The van der Waals surface area contributed by atoms with Gasteiger partial charge in [-0.15, -0.1) is 0 Å². The number of nitrogens with zero attached hydrogens (tertiary/aromatic N) is 1. The Morgan fingerprint density at radius 1 is 1.25 bits per heavy atom. The number of rotatable bonds is 6. The van der Waals surface area contributed by atoms with Gasteiger partial charge in [0.15, 0.2) is 0 Å². The van der Waals surface area contributed by atoms with Gasteiger partial charge in [-0.2, -0.15) is 0 Å². The van der Waals surface area contributed by atoms with E-state index >= 15 is 0 Å². The summed E-state index contributed by atoms with van der Waals surface area (Å²) in [7, 11) is 0. The van der Waals surface area contributed by atoms with Crippen LogP contribution in [-0.4, -0.2) is 41.8 Å². The summed E-state index contributed by atoms with van der Waals surface area (Å²) in [6.45, 7) is 10.4. The lowest BCUT2D eigenvalue weighted by molar-refractivity contribution is 0.195. The van der Waals surface area contributed by atoms with Gasteiger partial charge in [-0.25, -0.2) is 0 Å². The maximum atomic E-state index is 9.04. The number of likely N-dealkylation sites (tertiary alicyclic amines) is 1. The Labute approximate surface area is 100 Å². The van der Waals surface area contributed by atoms with Crippen molar-refractivity contribution < 1.29 is 5.11 Å². The maximum absolute atomic E-state index is 9.04. The Kier molecular flexibility index (Phi) is 5.22. The molecule has 0 aromatic heterocycles. The molecule has 0 aromatic carbocycles. The predicted molar refractivity (Wildman–Crippen MR) is 68.3 cm³/mol. The molecule has 1 rings (SSSR count). The first-order valence-corrected chi connectivity index (χ1v) is 6.57. The van der Waals surface area contributed by atoms with Gasteiger partial charge in [0, 0.05) is 18.6 Å². The van der Waals surface area contributed by atoms with Crippen LogP contribution in [0.5, 0.6) is 0 Å². The molecule has 96 valence electrons. The number of aliphatic hydroxyl groups excluding tert-OH is 1. The molecule has 3 unspecified atom stereocenters. The minimum atomic E-state index is -0.383. The van der Waals surface area contributed by atoms with Crippen LogP contribution in [0.3, 0.4) is 0 Å². The molecule has 1 saturated heterocycles. The lowest BCUT2D eigenvalue weighted by Crippen LogP contribution is -2.40. The van der Waals surface area contributed by atoms with E-state index in [1.54, 1.807) is 0 Å². The van der Waals surface area contributed by atoms with Gasteiger partial charge in [0.2, 0.25) is 0 Å². The molecule has 0 bridgehead atoms. The highest BCUT2D eigenvalue weighted by atomic mass is 16.3. The van der Waals surface area contributed by atoms with Crippen LogP contribution in [0, 0.1) is 11.8 Å². The Morgan fingerprint density at radius 3 is 2.31 bits per heavy atom. The zero-order chi connectivity index (χ0) is 12.2. The molecule has 1 heterocycles. The first-order chi connectivity index (χ1) is 7.44. The van der Waals surface area contributed by atoms with Crippen LogP contribution in [0.1, 0.15) is 40.0 Å². The summed E-state index contributed by atoms with van der Waals surface area (Å²) < 4.78 is 0. The Morgan fingerprint density at radius 2 is 1.81 bits per heavy atom. The highest BCUT2D eigenvalue weighted by Gasteiger charge is 2.25. The summed E-state index contributed by atoms with van der Waals surface area (Å²) in [5.41, 5.74) is 5.51. The van der Waals surface area contributed by atoms with E-state index in [9.17, 15) is 0 Å². The first-order valence-electron chi connectivity index (χ1n) is 6.57. The molecule has 3 N–H and O–H groups in total. The van der Waals surface area contributed by atoms with Crippen molar-refractivity contribution in [1.29, 1.82) is 0 Å². The number of hydrogen-bond acceptors (Lipinski definition) is 3. The zero-order valence-corrected chi connectivity index (χ0v) is 11.1. The largest absolute Gasteiger partial charge is 0.394 e. The average Bonchev–Trinajstić information content (AvgIpc) is 2.54. The molecule has 3 atom stereocenters. The minimum absolute atomic E-state index is 0.0881. The van der Waals surface area contributed by atoms with Gasteiger partial charge in [0.25, 0.3) is 0 Å². The molecular weight excluding hydrogens is 200 g/mol. The fourth-order valence-electron chi connectivity index (χ4n) is 2.37. The van der Waals surface area contributed by atoms with Crippen molar-refractivity contribution in [2.45, 2.75) is 45.6 Å². The zero-order valence-electron chi connectivity index (χ0n) is 11.1. The first kappa shape index (κ1) is 13.9. The molecule has 0 spiro atoms. The van der Waals surface area contributed by atoms with E-state index in [1.807, 2.05) is 6.92 Å². The molecule has 1 aliphatic heterocycles. The fourth-order valence-corrected chi connectivity index (χ4v) is 2.37. The topological polar surface area (TPSA) is 49.5 Å². The van der Waals surface area contributed by atoms with E-state index in [0.29, 0.717) is 0 Å². The van der Waals surface area contributed by atoms with Crippen molar-refractivity contribution in [3.8, 4) is 0 Å². The third-order valence-electron chi connectivity index (χ3n) is 3.90. The number of hydrogen-bond donors (Lipinski definition) is 2. The smallest absolute Gasteiger partial charge is 0.0608 e. The van der Waals surface area contributed by atoms with Gasteiger partial charge in [-0.1, -0.05) is 20.3 Å². The molecule has 0 aliphatic carbocycles. The predicted octanol–water partition coefficient (Wildman–Crippen LogP) is 1.45. The van der Waals surface area contributed by atoms with Gasteiger partial charge in [0.05, 0.1) is 6.61 Å². The Balaban J connectivity index is 2.08. The lowest BCUT2D eigenvalue weighted by atomic mass is 9.97. The van der Waals surface area contributed by atoms with E-state index in [4.69, 9.17) is 10.8 Å². The highest BCUT2D eigenvalue weighted by Crippen LogP contribution is 2.22. The number of unbranched alkanes of at least 4 members (excludes halogenated alkanes) is 1. The summed E-state index contributed by atoms with van der Waals surface area (Å²) >= 11 is 0. The van der Waals surface area contributed by atoms with Crippen LogP contribution in [0.2, 0.25) is 0 Å². The van der Waals surface area contributed by atoms with Crippen LogP contribution < -0.4 is 5.73 Å². The molecule has 3 heteroatoms. The van der Waals surface area contributed by atoms with Crippen LogP contribution in [-0.2, 0) is 0 Å². The van der Waals surface area contributed by atoms with E-state index in [2.05, 4.69) is 18.7 Å². The van der Waals surface area contributed by atoms with Crippen molar-refractivity contribution in [3.63, 3.8) is 0 Å². The quantitative estimate of drug-likeness (QED) is 0.677. The minimum Gasteiger partial charge on any atom is -0.394 e. The highest BCUT2D eigenvalue weighted by molar-refractivity contribution is 4.80. The van der Waals surface area contributed by atoms with E-state index in [1.165, 1.54) is 26.1 Å². The second-order valence-corrected chi connectivity index (χ2v) is 5.98. The van der Waals surface area contributed by atoms with Gasteiger partial charge >= 0.3 is 0 Å². The van der Waals surface area contributed by atoms with Crippen LogP contribution in [0.15, 0.2) is 0 Å². The monoisotopic (exact) mass is 228 g/mol. The summed E-state index contributed by atoms with van der Waals surface area (Å²) in [4.78, 5) is 2.56. The van der Waals surface area contributed by atoms with Crippen molar-refractivity contribution in [3.05, 3.63) is 0 Å². The van der Waals surface area contributed by atoms with Gasteiger partial charge < -0.3 is 15.7 Å². The standard InChI is InChI=1S/C13H28N2O/c1-11-8-15(9-12(11)2)7-5-4-6-13(3,14)10-16/h11-12,16H,4-10,14H2,1-3H3. The molecule has 1 fully saturated rings. The van der Waals surface area contributed by atoms with Gasteiger partial charge in [0.1, 0.15) is 0 Å². The van der Waals surface area contributed by atoms with Crippen LogP contribution in [0.4, 0.5) is 0 Å². The van der Waals surface area contributed by atoms with Crippen molar-refractivity contribution >= 4 is 0 Å². The van der Waals surface area contributed by atoms with Gasteiger partial charge in [-0.05, 0) is 38.1 Å². The lowest BCUT2D eigenvalue weighted by Gasteiger charge is -2.22. The number of aliphatic hydroxyl groups is 1. The summed E-state index contributed by atoms with van der Waals surface area (Å²) in [6.07, 6.45) is 3.24. The SMILES string of the molecule is CC1CN(CCCCC(C)(N)CO)CC1C. The Hall–Kier alpha value is -0.120. The normalized spacial score (nSPS) is 30.6. The molecule has 0 radical (unpaired) electrons. The molecule has 0 amide bonds. The van der Waals surface area contributed by atoms with E-state index < -0.39 is 0 Å². The second kappa shape index (κ2) is 5.99. The summed E-state index contributed by atoms with van der Waals surface area (Å²) in [6, 6.07) is 0. The van der Waals surface area contributed by atoms with Crippen molar-refractivity contribution in [2.24, 2.45) is 17.6 Å². The molecule has 3 nitrogen and oxygen atoms in total. The van der Waals surface area contributed by atoms with E-state index in [-0.39, 0.29) is 12.1 Å². The molecule has 16 heavy (non-hydrogen) atoms. The van der Waals surface area contributed by atoms with Gasteiger partial charge in [-0.3, -0.25) is 0 Å². The summed E-state index contributed by atoms with van der Waals surface area (Å²) in [5.74, 6) is 1.69. The Bertz CT molecular complexity index is 196. The third kappa shape index (κ3) is 4.40.